The molecule has 14 rings (SSSR count). The standard InChI is InChI=1S/C61H41N5/c1-3-16-40(17-4-1)63-34-35-64(41-18-5-2-6-19-41)60-39-54-53(38-59(60)63)45-32-30-43(66-57-27-13-9-22-48(57)49-23-10-14-28-58(49)66)37-52(45)51-36-42(29-31-44(51)50-24-15-33-62-61(50)54)65-55-25-11-7-20-46(55)47-21-8-12-26-56(47)65/h1-33,36-39H,34-35H2. The number of benzene rings is 9. The second kappa shape index (κ2) is 14.4. The SMILES string of the molecule is c1ccc(N2CCN(c3ccccc3)c3cc4c(cc32)-c2ccc(-n3c5ccccc5c5ccccc53)cc2-c2cc(-n3c5ccccc5c5ccccc53)ccc2-c2cccnc2-4)cc1. The van der Waals surface area contributed by atoms with E-state index in [-0.39, 0.29) is 0 Å². The lowest BCUT2D eigenvalue weighted by Crippen LogP contribution is -2.36. The highest BCUT2D eigenvalue weighted by molar-refractivity contribution is 6.12. The summed E-state index contributed by atoms with van der Waals surface area (Å²) in [6.45, 7) is 1.68. The zero-order chi connectivity index (χ0) is 43.3. The van der Waals surface area contributed by atoms with Crippen LogP contribution in [-0.4, -0.2) is 27.2 Å². The molecule has 3 aromatic heterocycles. The van der Waals surface area contributed by atoms with Crippen LogP contribution in [0.1, 0.15) is 0 Å². The lowest BCUT2D eigenvalue weighted by Gasteiger charge is -2.40. The summed E-state index contributed by atoms with van der Waals surface area (Å²) in [6, 6.07) is 80.2. The largest absolute Gasteiger partial charge is 0.338 e. The van der Waals surface area contributed by atoms with Gasteiger partial charge in [-0.2, -0.15) is 0 Å². The molecule has 0 radical (unpaired) electrons. The van der Waals surface area contributed by atoms with Gasteiger partial charge >= 0.3 is 0 Å². The number of aromatic nitrogens is 3. The first kappa shape index (κ1) is 36.8. The van der Waals surface area contributed by atoms with Crippen LogP contribution in [0, 0.1) is 0 Å². The van der Waals surface area contributed by atoms with Crippen molar-refractivity contribution in [3.05, 3.63) is 225 Å². The third-order valence-corrected chi connectivity index (χ3v) is 14.0. The molecule has 0 spiro atoms. The van der Waals surface area contributed by atoms with Crippen molar-refractivity contribution in [1.29, 1.82) is 0 Å². The Balaban J connectivity index is 1.10. The van der Waals surface area contributed by atoms with Gasteiger partial charge < -0.3 is 18.9 Å². The van der Waals surface area contributed by atoms with Crippen molar-refractivity contribution >= 4 is 66.4 Å². The number of para-hydroxylation sites is 6. The topological polar surface area (TPSA) is 29.2 Å². The Morgan fingerprint density at radius 3 is 1.15 bits per heavy atom. The Labute approximate surface area is 382 Å². The van der Waals surface area contributed by atoms with Gasteiger partial charge in [0.1, 0.15) is 0 Å². The van der Waals surface area contributed by atoms with E-state index in [0.29, 0.717) is 0 Å². The molecule has 0 saturated heterocycles. The quantitative estimate of drug-likeness (QED) is 0.177. The summed E-state index contributed by atoms with van der Waals surface area (Å²) in [6.07, 6.45) is 1.95. The highest BCUT2D eigenvalue weighted by Gasteiger charge is 2.31. The van der Waals surface area contributed by atoms with Crippen LogP contribution in [0.4, 0.5) is 22.7 Å². The smallest absolute Gasteiger partial charge is 0.0787 e. The van der Waals surface area contributed by atoms with Crippen molar-refractivity contribution in [2.45, 2.75) is 0 Å². The van der Waals surface area contributed by atoms with Crippen LogP contribution in [0.3, 0.4) is 0 Å². The molecule has 0 saturated carbocycles. The minimum absolute atomic E-state index is 0.837. The number of hydrogen-bond donors (Lipinski definition) is 0. The summed E-state index contributed by atoms with van der Waals surface area (Å²) in [4.78, 5) is 10.3. The second-order valence-electron chi connectivity index (χ2n) is 17.5. The van der Waals surface area contributed by atoms with Gasteiger partial charge in [-0.15, -0.1) is 0 Å². The number of nitrogens with zero attached hydrogens (tertiary/aromatic N) is 5. The van der Waals surface area contributed by atoms with E-state index in [9.17, 15) is 0 Å². The summed E-state index contributed by atoms with van der Waals surface area (Å²) in [5, 5.41) is 4.98. The maximum atomic E-state index is 5.30. The molecule has 0 amide bonds. The van der Waals surface area contributed by atoms with Crippen LogP contribution in [0.5, 0.6) is 0 Å². The third-order valence-electron chi connectivity index (χ3n) is 14.0. The lowest BCUT2D eigenvalue weighted by atomic mass is 9.81. The molecule has 0 bridgehead atoms. The Bertz CT molecular complexity index is 3790. The summed E-state index contributed by atoms with van der Waals surface area (Å²) < 4.78 is 4.88. The molecule has 0 fully saturated rings. The van der Waals surface area contributed by atoms with Crippen molar-refractivity contribution in [3.8, 4) is 56.0 Å². The van der Waals surface area contributed by atoms with Crippen LogP contribution in [0.15, 0.2) is 225 Å². The first-order chi connectivity index (χ1) is 32.8. The first-order valence-corrected chi connectivity index (χ1v) is 22.8. The van der Waals surface area contributed by atoms with Gasteiger partial charge in [-0.1, -0.05) is 127 Å². The fourth-order valence-corrected chi connectivity index (χ4v) is 11.1. The van der Waals surface area contributed by atoms with Gasteiger partial charge in [0.05, 0.1) is 39.1 Å². The summed E-state index contributed by atoms with van der Waals surface area (Å²) >= 11 is 0. The van der Waals surface area contributed by atoms with Gasteiger partial charge in [0.25, 0.3) is 0 Å². The molecule has 1 aliphatic heterocycles. The Kier molecular flexibility index (Phi) is 8.04. The fraction of sp³-hybridized carbons (Fsp3) is 0.0328. The predicted octanol–water partition coefficient (Wildman–Crippen LogP) is 15.5. The molecule has 0 unspecified atom stereocenters. The monoisotopic (exact) mass is 843 g/mol. The van der Waals surface area contributed by atoms with E-state index in [1.807, 2.05) is 6.20 Å². The molecular weight excluding hydrogens is 803 g/mol. The van der Waals surface area contributed by atoms with Crippen LogP contribution >= 0.6 is 0 Å². The van der Waals surface area contributed by atoms with E-state index < -0.39 is 0 Å². The van der Waals surface area contributed by atoms with Gasteiger partial charge in [-0.05, 0) is 119 Å². The minimum Gasteiger partial charge on any atom is -0.338 e. The van der Waals surface area contributed by atoms with Crippen molar-refractivity contribution < 1.29 is 0 Å². The lowest BCUT2D eigenvalue weighted by molar-refractivity contribution is 0.850. The van der Waals surface area contributed by atoms with E-state index in [4.69, 9.17) is 4.98 Å². The summed E-state index contributed by atoms with van der Waals surface area (Å²) in [5.41, 5.74) is 20.7. The van der Waals surface area contributed by atoms with Crippen molar-refractivity contribution in [2.24, 2.45) is 0 Å². The van der Waals surface area contributed by atoms with E-state index in [1.54, 1.807) is 0 Å². The molecule has 5 heteroatoms. The van der Waals surface area contributed by atoms with Gasteiger partial charge in [-0.25, -0.2) is 0 Å². The Hall–Kier alpha value is -8.67. The molecular formula is C61H41N5. The number of rotatable bonds is 4. The molecule has 66 heavy (non-hydrogen) atoms. The maximum Gasteiger partial charge on any atom is 0.0787 e. The first-order valence-electron chi connectivity index (χ1n) is 22.8. The Morgan fingerprint density at radius 1 is 0.288 bits per heavy atom. The number of fused-ring (bicyclic) bond motifs is 15. The highest BCUT2D eigenvalue weighted by atomic mass is 15.3. The number of anilines is 4. The molecule has 1 aliphatic carbocycles. The van der Waals surface area contributed by atoms with E-state index in [2.05, 4.69) is 237 Å². The van der Waals surface area contributed by atoms with E-state index in [0.717, 1.165) is 63.7 Å². The molecule has 2 aliphatic rings. The third kappa shape index (κ3) is 5.44. The zero-order valence-electron chi connectivity index (χ0n) is 36.0. The molecule has 310 valence electrons. The molecule has 0 atom stereocenters. The van der Waals surface area contributed by atoms with Crippen LogP contribution in [0.25, 0.3) is 99.6 Å². The van der Waals surface area contributed by atoms with E-state index in [1.165, 1.54) is 71.8 Å². The maximum absolute atomic E-state index is 5.30. The minimum atomic E-state index is 0.837. The van der Waals surface area contributed by atoms with Gasteiger partial charge in [-0.3, -0.25) is 4.98 Å². The highest BCUT2D eigenvalue weighted by Crippen LogP contribution is 2.53. The second-order valence-corrected chi connectivity index (χ2v) is 17.5. The average molecular weight is 844 g/mol. The van der Waals surface area contributed by atoms with E-state index >= 15 is 0 Å². The van der Waals surface area contributed by atoms with Crippen LogP contribution in [-0.2, 0) is 0 Å². The normalized spacial score (nSPS) is 13.0. The molecule has 4 heterocycles. The van der Waals surface area contributed by atoms with Crippen molar-refractivity contribution in [1.82, 2.24) is 14.1 Å². The van der Waals surface area contributed by atoms with Crippen molar-refractivity contribution in [2.75, 3.05) is 22.9 Å². The summed E-state index contributed by atoms with van der Waals surface area (Å²) in [7, 11) is 0. The molecule has 0 N–H and O–H groups in total. The van der Waals surface area contributed by atoms with Crippen molar-refractivity contribution in [3.63, 3.8) is 0 Å². The molecule has 5 nitrogen and oxygen atoms in total. The van der Waals surface area contributed by atoms with Gasteiger partial charge in [0, 0.05) is 74.7 Å². The molecule has 12 aromatic rings. The number of hydrogen-bond acceptors (Lipinski definition) is 3. The zero-order valence-corrected chi connectivity index (χ0v) is 36.0. The summed E-state index contributed by atoms with van der Waals surface area (Å²) in [5.74, 6) is 0. The fourth-order valence-electron chi connectivity index (χ4n) is 11.1. The van der Waals surface area contributed by atoms with Crippen LogP contribution < -0.4 is 9.80 Å². The number of pyridine rings is 1. The van der Waals surface area contributed by atoms with Gasteiger partial charge in [0.15, 0.2) is 0 Å². The average Bonchev–Trinajstić information content (AvgIpc) is 3.91. The predicted molar refractivity (Wildman–Crippen MR) is 275 cm³/mol. The van der Waals surface area contributed by atoms with Crippen LogP contribution in [0.2, 0.25) is 0 Å². The Morgan fingerprint density at radius 2 is 0.682 bits per heavy atom. The van der Waals surface area contributed by atoms with Gasteiger partial charge in [0.2, 0.25) is 0 Å². The molecule has 9 aromatic carbocycles.